The molecule has 82 valence electrons. The molecule has 0 N–H and O–H groups in total. The van der Waals surface area contributed by atoms with E-state index in [9.17, 15) is 4.79 Å². The lowest BCUT2D eigenvalue weighted by molar-refractivity contribution is 0.202. The number of ether oxygens (including phenoxy) is 1. The molecule has 0 fully saturated rings. The van der Waals surface area contributed by atoms with Crippen LogP contribution in [0.5, 0.6) is 5.75 Å². The highest BCUT2D eigenvalue weighted by Crippen LogP contribution is 2.09. The molecule has 0 atom stereocenters. The summed E-state index contributed by atoms with van der Waals surface area (Å²) in [6.07, 6.45) is 3.49. The first-order chi connectivity index (χ1) is 7.79. The van der Waals surface area contributed by atoms with Gasteiger partial charge < -0.3 is 4.74 Å². The van der Waals surface area contributed by atoms with Crippen LogP contribution in [0, 0.1) is 0 Å². The Balaban J connectivity index is 2.09. The lowest BCUT2D eigenvalue weighted by atomic mass is 10.3. The highest BCUT2D eigenvalue weighted by atomic mass is 16.6. The number of imidazole rings is 1. The van der Waals surface area contributed by atoms with Gasteiger partial charge in [-0.25, -0.2) is 14.3 Å². The van der Waals surface area contributed by atoms with E-state index in [-0.39, 0.29) is 0 Å². The van der Waals surface area contributed by atoms with E-state index in [2.05, 4.69) is 4.98 Å². The predicted octanol–water partition coefficient (Wildman–Crippen LogP) is 2.49. The van der Waals surface area contributed by atoms with Crippen LogP contribution >= 0.6 is 0 Å². The summed E-state index contributed by atoms with van der Waals surface area (Å²) in [5, 5.41) is 0. The van der Waals surface area contributed by atoms with Crippen molar-refractivity contribution in [1.82, 2.24) is 9.55 Å². The van der Waals surface area contributed by atoms with Crippen molar-refractivity contribution < 1.29 is 9.53 Å². The lowest BCUT2D eigenvalue weighted by Crippen LogP contribution is -2.14. The Labute approximate surface area is 93.5 Å². The van der Waals surface area contributed by atoms with Gasteiger partial charge in [-0.1, -0.05) is 25.1 Å². The van der Waals surface area contributed by atoms with Crippen molar-refractivity contribution in [3.05, 3.63) is 48.5 Å². The van der Waals surface area contributed by atoms with Gasteiger partial charge in [-0.05, 0) is 18.6 Å². The summed E-state index contributed by atoms with van der Waals surface area (Å²) in [6, 6.07) is 8.96. The van der Waals surface area contributed by atoms with E-state index in [0.717, 1.165) is 12.1 Å². The second kappa shape index (κ2) is 4.61. The Morgan fingerprint density at radius 3 is 2.75 bits per heavy atom. The maximum atomic E-state index is 11.6. The van der Waals surface area contributed by atoms with Crippen LogP contribution in [-0.4, -0.2) is 15.6 Å². The number of para-hydroxylation sites is 1. The number of nitrogens with zero attached hydrogens (tertiary/aromatic N) is 2. The molecule has 1 heterocycles. The fourth-order valence-corrected chi connectivity index (χ4v) is 1.29. The number of rotatable bonds is 2. The molecule has 1 aromatic heterocycles. The van der Waals surface area contributed by atoms with Crippen LogP contribution in [-0.2, 0) is 6.42 Å². The molecular formula is C12H12N2O2. The highest BCUT2D eigenvalue weighted by Gasteiger charge is 2.07. The van der Waals surface area contributed by atoms with E-state index in [4.69, 9.17) is 4.74 Å². The molecule has 0 unspecified atom stereocenters. The number of hydrogen-bond acceptors (Lipinski definition) is 3. The first-order valence-corrected chi connectivity index (χ1v) is 5.09. The summed E-state index contributed by atoms with van der Waals surface area (Å²) >= 11 is 0. The largest absolute Gasteiger partial charge is 0.424 e. The van der Waals surface area contributed by atoms with Crippen molar-refractivity contribution >= 4 is 6.09 Å². The van der Waals surface area contributed by atoms with Crippen LogP contribution in [0.4, 0.5) is 4.79 Å². The van der Waals surface area contributed by atoms with E-state index >= 15 is 0 Å². The second-order valence-corrected chi connectivity index (χ2v) is 3.31. The molecule has 4 heteroatoms. The van der Waals surface area contributed by atoms with Gasteiger partial charge in [0.25, 0.3) is 0 Å². The van der Waals surface area contributed by atoms with Gasteiger partial charge in [-0.3, -0.25) is 0 Å². The fourth-order valence-electron chi connectivity index (χ4n) is 1.29. The van der Waals surface area contributed by atoms with Crippen LogP contribution in [0.25, 0.3) is 0 Å². The van der Waals surface area contributed by atoms with Crippen LogP contribution in [0.15, 0.2) is 42.9 Å². The van der Waals surface area contributed by atoms with Gasteiger partial charge in [0.05, 0.1) is 5.69 Å². The smallest absolute Gasteiger partial charge is 0.410 e. The molecule has 0 saturated heterocycles. The standard InChI is InChI=1S/C12H12N2O2/c1-2-10-8-14(9-13-10)12(15)16-11-6-4-3-5-7-11/h3-9H,2H2,1H3. The number of aryl methyl sites for hydroxylation is 1. The van der Waals surface area contributed by atoms with E-state index in [1.807, 2.05) is 25.1 Å². The summed E-state index contributed by atoms with van der Waals surface area (Å²) in [5.41, 5.74) is 0.866. The summed E-state index contributed by atoms with van der Waals surface area (Å²) in [4.78, 5) is 15.7. The number of aromatic nitrogens is 2. The molecule has 4 nitrogen and oxygen atoms in total. The molecule has 0 spiro atoms. The van der Waals surface area contributed by atoms with E-state index in [1.54, 1.807) is 18.3 Å². The number of carbonyl (C=O) groups is 1. The van der Waals surface area contributed by atoms with E-state index in [1.165, 1.54) is 10.9 Å². The average Bonchev–Trinajstić information content (AvgIpc) is 2.79. The third kappa shape index (κ3) is 2.28. The molecule has 2 rings (SSSR count). The molecule has 2 aromatic rings. The third-order valence-electron chi connectivity index (χ3n) is 2.16. The Bertz CT molecular complexity index is 477. The summed E-state index contributed by atoms with van der Waals surface area (Å²) in [5.74, 6) is 0.527. The molecule has 0 amide bonds. The molecule has 0 aliphatic rings. The van der Waals surface area contributed by atoms with Crippen molar-refractivity contribution in [3.8, 4) is 5.75 Å². The summed E-state index contributed by atoms with van der Waals surface area (Å²) in [6.45, 7) is 1.98. The molecule has 1 aromatic carbocycles. The minimum atomic E-state index is -0.446. The predicted molar refractivity (Wildman–Crippen MR) is 59.5 cm³/mol. The Morgan fingerprint density at radius 2 is 2.12 bits per heavy atom. The van der Waals surface area contributed by atoms with Gasteiger partial charge >= 0.3 is 6.09 Å². The summed E-state index contributed by atoms with van der Waals surface area (Å²) in [7, 11) is 0. The number of hydrogen-bond donors (Lipinski definition) is 0. The van der Waals surface area contributed by atoms with E-state index < -0.39 is 6.09 Å². The Hall–Kier alpha value is -2.10. The highest BCUT2D eigenvalue weighted by molar-refractivity contribution is 5.73. The van der Waals surface area contributed by atoms with E-state index in [0.29, 0.717) is 5.75 Å². The van der Waals surface area contributed by atoms with Crippen molar-refractivity contribution in [3.63, 3.8) is 0 Å². The third-order valence-corrected chi connectivity index (χ3v) is 2.16. The quantitative estimate of drug-likeness (QED) is 0.774. The monoisotopic (exact) mass is 216 g/mol. The maximum Gasteiger partial charge on any atom is 0.424 e. The number of benzene rings is 1. The molecular weight excluding hydrogens is 204 g/mol. The van der Waals surface area contributed by atoms with Gasteiger partial charge in [0.1, 0.15) is 12.1 Å². The van der Waals surface area contributed by atoms with Crippen molar-refractivity contribution in [2.75, 3.05) is 0 Å². The molecule has 0 saturated carbocycles. The van der Waals surface area contributed by atoms with Crippen LogP contribution in [0.3, 0.4) is 0 Å². The van der Waals surface area contributed by atoms with Crippen LogP contribution in [0.1, 0.15) is 12.6 Å². The van der Waals surface area contributed by atoms with Crippen LogP contribution in [0.2, 0.25) is 0 Å². The minimum Gasteiger partial charge on any atom is -0.410 e. The Kier molecular flexibility index (Phi) is 3.00. The SMILES string of the molecule is CCc1cn(C(=O)Oc2ccccc2)cn1. The van der Waals surface area contributed by atoms with Crippen LogP contribution < -0.4 is 4.74 Å². The van der Waals surface area contributed by atoms with Gasteiger partial charge in [0, 0.05) is 6.20 Å². The van der Waals surface area contributed by atoms with Gasteiger partial charge in [-0.15, -0.1) is 0 Å². The van der Waals surface area contributed by atoms with Crippen molar-refractivity contribution in [1.29, 1.82) is 0 Å². The van der Waals surface area contributed by atoms with Gasteiger partial charge in [0.2, 0.25) is 0 Å². The molecule has 0 radical (unpaired) electrons. The zero-order valence-electron chi connectivity index (χ0n) is 8.96. The minimum absolute atomic E-state index is 0.446. The zero-order chi connectivity index (χ0) is 11.4. The molecule has 16 heavy (non-hydrogen) atoms. The molecule has 0 bridgehead atoms. The normalized spacial score (nSPS) is 10.1. The number of carbonyl (C=O) groups excluding carboxylic acids is 1. The lowest BCUT2D eigenvalue weighted by Gasteiger charge is -2.02. The molecule has 0 aliphatic carbocycles. The first kappa shape index (κ1) is 10.4. The maximum absolute atomic E-state index is 11.6. The van der Waals surface area contributed by atoms with Crippen molar-refractivity contribution in [2.24, 2.45) is 0 Å². The Morgan fingerprint density at radius 1 is 1.38 bits per heavy atom. The second-order valence-electron chi connectivity index (χ2n) is 3.31. The van der Waals surface area contributed by atoms with Gasteiger partial charge in [-0.2, -0.15) is 0 Å². The summed E-state index contributed by atoms with van der Waals surface area (Å²) < 4.78 is 6.48. The zero-order valence-corrected chi connectivity index (χ0v) is 8.96. The molecule has 0 aliphatic heterocycles. The first-order valence-electron chi connectivity index (χ1n) is 5.09. The topological polar surface area (TPSA) is 44.1 Å². The van der Waals surface area contributed by atoms with Gasteiger partial charge in [0.15, 0.2) is 0 Å². The fraction of sp³-hybridized carbons (Fsp3) is 0.167. The average molecular weight is 216 g/mol. The van der Waals surface area contributed by atoms with Crippen molar-refractivity contribution in [2.45, 2.75) is 13.3 Å².